The summed E-state index contributed by atoms with van der Waals surface area (Å²) in [6.45, 7) is 5.86. The minimum atomic E-state index is -0.245. The van der Waals surface area contributed by atoms with E-state index in [1.165, 1.54) is 33.4 Å². The largest absolute Gasteiger partial charge is 0.469 e. The maximum Gasteiger partial charge on any atom is 0.302 e. The molecule has 0 aromatic rings. The van der Waals surface area contributed by atoms with Crippen LogP contribution >= 0.6 is 0 Å². The van der Waals surface area contributed by atoms with E-state index in [1.54, 1.807) is 0 Å². The lowest BCUT2D eigenvalue weighted by atomic mass is 10.3. The van der Waals surface area contributed by atoms with E-state index in [9.17, 15) is 4.79 Å². The van der Waals surface area contributed by atoms with Crippen molar-refractivity contribution in [2.75, 3.05) is 34.5 Å². The van der Waals surface area contributed by atoms with E-state index in [0.29, 0.717) is 0 Å². The van der Waals surface area contributed by atoms with Crippen LogP contribution in [-0.4, -0.2) is 55.4 Å². The Morgan fingerprint density at radius 2 is 1.94 bits per heavy atom. The van der Waals surface area contributed by atoms with Crippen LogP contribution in [0.4, 0.5) is 0 Å². The fourth-order valence-corrected chi connectivity index (χ4v) is 1.10. The van der Waals surface area contributed by atoms with Crippen LogP contribution < -0.4 is 0 Å². The molecule has 0 aromatic carbocycles. The number of carbonyl (C=O) groups is 1. The Morgan fingerprint density at radius 3 is 2.24 bits per heavy atom. The Bertz CT molecular complexity index is 208. The van der Waals surface area contributed by atoms with Crippen LogP contribution in [0, 0.1) is 0 Å². The first-order valence-corrected chi connectivity index (χ1v) is 5.72. The van der Waals surface area contributed by atoms with E-state index in [1.807, 2.05) is 0 Å². The smallest absolute Gasteiger partial charge is 0.302 e. The second-order valence-corrected chi connectivity index (χ2v) is 3.56. The molecule has 0 aromatic heterocycles. The fourth-order valence-electron chi connectivity index (χ4n) is 1.10. The third-order valence-corrected chi connectivity index (χ3v) is 2.02. The van der Waals surface area contributed by atoms with Crippen molar-refractivity contribution in [3.8, 4) is 0 Å². The van der Waals surface area contributed by atoms with Crippen LogP contribution in [0.5, 0.6) is 0 Å². The molecular weight excluding hydrogens is 220 g/mol. The van der Waals surface area contributed by atoms with Crippen molar-refractivity contribution in [1.29, 1.82) is 0 Å². The van der Waals surface area contributed by atoms with Gasteiger partial charge in [0.2, 0.25) is 0 Å². The predicted molar refractivity (Wildman–Crippen MR) is 69.2 cm³/mol. The summed E-state index contributed by atoms with van der Waals surface area (Å²) in [4.78, 5) is 14.1. The number of hydrogen-bond acceptors (Lipinski definition) is 5. The van der Waals surface area contributed by atoms with Crippen LogP contribution in [0.15, 0.2) is 12.4 Å². The Balaban J connectivity index is 0. The van der Waals surface area contributed by atoms with Crippen molar-refractivity contribution in [2.24, 2.45) is 0 Å². The highest BCUT2D eigenvalue weighted by molar-refractivity contribution is 5.65. The van der Waals surface area contributed by atoms with Gasteiger partial charge in [-0.25, -0.2) is 0 Å². The van der Waals surface area contributed by atoms with Crippen molar-refractivity contribution < 1.29 is 14.6 Å². The molecule has 0 amide bonds. The number of esters is 1. The average molecular weight is 246 g/mol. The van der Waals surface area contributed by atoms with Gasteiger partial charge in [-0.2, -0.15) is 0 Å². The normalized spacial score (nSPS) is 12.4. The standard InChI is InChI=1S/C8H16N2.C3H6O2.CH4O/c1-3-4-5-10-7-6-9(2)8-10;1-3(4)5-2;1-2/h6-7H,3-5,8H2,1-2H3;1-2H3;2H,1H3. The lowest BCUT2D eigenvalue weighted by Gasteiger charge is -2.17. The van der Waals surface area contributed by atoms with Gasteiger partial charge < -0.3 is 19.6 Å². The van der Waals surface area contributed by atoms with Crippen molar-refractivity contribution in [3.63, 3.8) is 0 Å². The Kier molecular flexibility index (Phi) is 13.7. The number of rotatable bonds is 3. The zero-order valence-corrected chi connectivity index (χ0v) is 11.6. The highest BCUT2D eigenvalue weighted by Crippen LogP contribution is 2.04. The zero-order chi connectivity index (χ0) is 13.7. The molecule has 1 aliphatic rings. The summed E-state index contributed by atoms with van der Waals surface area (Å²) in [5.74, 6) is -0.245. The summed E-state index contributed by atoms with van der Waals surface area (Å²) in [6.07, 6.45) is 6.87. The van der Waals surface area contributed by atoms with Gasteiger partial charge in [0, 0.05) is 40.0 Å². The SMILES string of the molecule is CCCCN1C=CN(C)C1.CO.COC(C)=O. The van der Waals surface area contributed by atoms with Gasteiger partial charge in [-0.05, 0) is 6.42 Å². The summed E-state index contributed by atoms with van der Waals surface area (Å²) in [5, 5.41) is 7.00. The monoisotopic (exact) mass is 246 g/mol. The zero-order valence-electron chi connectivity index (χ0n) is 11.6. The summed E-state index contributed by atoms with van der Waals surface area (Å²) < 4.78 is 4.11. The fraction of sp³-hybridized carbons (Fsp3) is 0.750. The van der Waals surface area contributed by atoms with Gasteiger partial charge in [0.15, 0.2) is 0 Å². The first kappa shape index (κ1) is 18.1. The molecular formula is C12H26N2O3. The van der Waals surface area contributed by atoms with Gasteiger partial charge >= 0.3 is 5.97 Å². The summed E-state index contributed by atoms with van der Waals surface area (Å²) >= 11 is 0. The van der Waals surface area contributed by atoms with Crippen LogP contribution in [0.25, 0.3) is 0 Å². The Labute approximate surface area is 105 Å². The van der Waals surface area contributed by atoms with Gasteiger partial charge in [0.25, 0.3) is 0 Å². The molecule has 0 aliphatic carbocycles. The van der Waals surface area contributed by atoms with Gasteiger partial charge in [-0.15, -0.1) is 0 Å². The minimum absolute atomic E-state index is 0.245. The average Bonchev–Trinajstić information content (AvgIpc) is 2.76. The molecule has 0 radical (unpaired) electrons. The molecule has 5 heteroatoms. The molecule has 1 N–H and O–H groups in total. The van der Waals surface area contributed by atoms with Crippen molar-refractivity contribution >= 4 is 5.97 Å². The molecule has 0 saturated carbocycles. The van der Waals surface area contributed by atoms with E-state index in [4.69, 9.17) is 5.11 Å². The van der Waals surface area contributed by atoms with Crippen molar-refractivity contribution in [2.45, 2.75) is 26.7 Å². The van der Waals surface area contributed by atoms with Gasteiger partial charge in [0.05, 0.1) is 13.8 Å². The minimum Gasteiger partial charge on any atom is -0.469 e. The Morgan fingerprint density at radius 1 is 1.41 bits per heavy atom. The van der Waals surface area contributed by atoms with Crippen LogP contribution in [-0.2, 0) is 9.53 Å². The lowest BCUT2D eigenvalue weighted by molar-refractivity contribution is -0.137. The molecule has 102 valence electrons. The molecule has 0 atom stereocenters. The van der Waals surface area contributed by atoms with Gasteiger partial charge in [-0.1, -0.05) is 13.3 Å². The van der Waals surface area contributed by atoms with E-state index in [0.717, 1.165) is 13.8 Å². The van der Waals surface area contributed by atoms with Crippen molar-refractivity contribution in [3.05, 3.63) is 12.4 Å². The number of carbonyl (C=O) groups excluding carboxylic acids is 1. The van der Waals surface area contributed by atoms with E-state index < -0.39 is 0 Å². The molecule has 0 spiro atoms. The third-order valence-electron chi connectivity index (χ3n) is 2.02. The van der Waals surface area contributed by atoms with Crippen LogP contribution in [0.3, 0.4) is 0 Å². The van der Waals surface area contributed by atoms with E-state index in [-0.39, 0.29) is 5.97 Å². The number of aliphatic hydroxyl groups is 1. The number of hydrogen-bond donors (Lipinski definition) is 1. The second-order valence-electron chi connectivity index (χ2n) is 3.56. The molecule has 5 nitrogen and oxygen atoms in total. The molecule has 0 unspecified atom stereocenters. The van der Waals surface area contributed by atoms with E-state index in [2.05, 4.69) is 40.9 Å². The van der Waals surface area contributed by atoms with Crippen molar-refractivity contribution in [1.82, 2.24) is 9.80 Å². The second kappa shape index (κ2) is 12.8. The molecule has 1 aliphatic heterocycles. The summed E-state index contributed by atoms with van der Waals surface area (Å²) in [7, 11) is 4.45. The number of aliphatic hydroxyl groups excluding tert-OH is 1. The number of methoxy groups -OCH3 is 1. The van der Waals surface area contributed by atoms with Gasteiger partial charge in [-0.3, -0.25) is 4.79 Å². The highest BCUT2D eigenvalue weighted by Gasteiger charge is 2.05. The predicted octanol–water partition coefficient (Wildman–Crippen LogP) is 1.25. The number of nitrogens with zero attached hydrogens (tertiary/aromatic N) is 2. The quantitative estimate of drug-likeness (QED) is 0.760. The molecule has 0 bridgehead atoms. The van der Waals surface area contributed by atoms with Crippen LogP contribution in [0.2, 0.25) is 0 Å². The third kappa shape index (κ3) is 12.7. The topological polar surface area (TPSA) is 53.0 Å². The molecule has 1 heterocycles. The van der Waals surface area contributed by atoms with E-state index >= 15 is 0 Å². The first-order valence-electron chi connectivity index (χ1n) is 5.72. The maximum absolute atomic E-state index is 9.59. The highest BCUT2D eigenvalue weighted by atomic mass is 16.5. The number of unbranched alkanes of at least 4 members (excludes halogenated alkanes) is 1. The molecule has 0 fully saturated rings. The molecule has 0 saturated heterocycles. The molecule has 17 heavy (non-hydrogen) atoms. The lowest BCUT2D eigenvalue weighted by Crippen LogP contribution is -2.23. The Hall–Kier alpha value is -1.23. The van der Waals surface area contributed by atoms with Gasteiger partial charge in [0.1, 0.15) is 0 Å². The molecule has 1 rings (SSSR count). The van der Waals surface area contributed by atoms with Crippen LogP contribution in [0.1, 0.15) is 26.7 Å². The first-order chi connectivity index (χ1) is 8.10. The number of ether oxygens (including phenoxy) is 1. The summed E-state index contributed by atoms with van der Waals surface area (Å²) in [6, 6.07) is 0. The maximum atomic E-state index is 9.59. The summed E-state index contributed by atoms with van der Waals surface area (Å²) in [5.41, 5.74) is 0.